The van der Waals surface area contributed by atoms with Gasteiger partial charge in [0.15, 0.2) is 4.33 Å². The zero-order valence-corrected chi connectivity index (χ0v) is 25.3. The van der Waals surface area contributed by atoms with Crippen LogP contribution >= 0.6 is 69.6 Å². The Morgan fingerprint density at radius 3 is 1.37 bits per heavy atom. The van der Waals surface area contributed by atoms with Gasteiger partial charge in [-0.25, -0.2) is 0 Å². The Kier molecular flexibility index (Phi) is 11.7. The fourth-order valence-corrected chi connectivity index (χ4v) is 7.88. The maximum absolute atomic E-state index is 13.5. The number of alkyl halides is 4. The predicted molar refractivity (Wildman–Crippen MR) is 146 cm³/mol. The van der Waals surface area contributed by atoms with E-state index in [2.05, 4.69) is 13.8 Å². The Morgan fingerprint density at radius 1 is 0.743 bits per heavy atom. The van der Waals surface area contributed by atoms with Crippen molar-refractivity contribution in [2.24, 2.45) is 23.7 Å². The number of unbranched alkanes of at least 4 members (excludes halogenated alkanes) is 2. The summed E-state index contributed by atoms with van der Waals surface area (Å²) in [5.41, 5.74) is 0. The average Bonchev–Trinajstić information content (AvgIpc) is 3.04. The number of esters is 2. The quantitative estimate of drug-likeness (QED) is 0.146. The van der Waals surface area contributed by atoms with Gasteiger partial charge in [-0.2, -0.15) is 0 Å². The third-order valence-electron chi connectivity index (χ3n) is 7.45. The number of carbonyl (C=O) groups is 2. The minimum absolute atomic E-state index is 0.153. The van der Waals surface area contributed by atoms with E-state index in [1.54, 1.807) is 0 Å². The monoisotopic (exact) mass is 610 g/mol. The topological polar surface area (TPSA) is 52.6 Å². The molecule has 0 radical (unpaired) electrons. The molecule has 202 valence electrons. The molecule has 6 atom stereocenters. The van der Waals surface area contributed by atoms with Crippen LogP contribution in [0.1, 0.15) is 79.1 Å². The number of halogens is 6. The Hall–Kier alpha value is 0.420. The zero-order valence-electron chi connectivity index (χ0n) is 20.8. The van der Waals surface area contributed by atoms with Crippen LogP contribution in [-0.2, 0) is 19.1 Å². The third-order valence-corrected chi connectivity index (χ3v) is 11.7. The molecule has 1 saturated carbocycles. The Labute approximate surface area is 239 Å². The zero-order chi connectivity index (χ0) is 26.6. The van der Waals surface area contributed by atoms with Crippen molar-refractivity contribution >= 4 is 81.5 Å². The summed E-state index contributed by atoms with van der Waals surface area (Å²) >= 11 is 40.0. The van der Waals surface area contributed by atoms with E-state index in [0.717, 1.165) is 51.4 Å². The molecule has 0 aliphatic heterocycles. The van der Waals surface area contributed by atoms with E-state index in [1.165, 1.54) is 0 Å². The molecule has 10 heteroatoms. The molecule has 0 spiro atoms. The first-order chi connectivity index (χ1) is 16.4. The molecule has 35 heavy (non-hydrogen) atoms. The molecule has 4 nitrogen and oxygen atoms in total. The number of ether oxygens (including phenoxy) is 2. The minimum Gasteiger partial charge on any atom is -0.465 e. The van der Waals surface area contributed by atoms with Gasteiger partial charge >= 0.3 is 11.9 Å². The summed E-state index contributed by atoms with van der Waals surface area (Å²) in [4.78, 5) is 23.0. The van der Waals surface area contributed by atoms with E-state index < -0.39 is 37.9 Å². The smallest absolute Gasteiger partial charge is 0.312 e. The molecule has 2 aliphatic rings. The third kappa shape index (κ3) is 5.59. The number of carbonyl (C=O) groups excluding carboxylic acids is 2. The molecule has 1 fully saturated rings. The van der Waals surface area contributed by atoms with Gasteiger partial charge < -0.3 is 9.47 Å². The molecule has 2 rings (SSSR count). The summed E-state index contributed by atoms with van der Waals surface area (Å²) in [5, 5.41) is -0.307. The van der Waals surface area contributed by atoms with Crippen LogP contribution in [0.5, 0.6) is 0 Å². The molecule has 0 amide bonds. The average molecular weight is 613 g/mol. The Bertz CT molecular complexity index is 741. The molecule has 2 bridgehead atoms. The maximum Gasteiger partial charge on any atom is 0.312 e. The van der Waals surface area contributed by atoms with E-state index in [0.29, 0.717) is 0 Å². The number of allylic oxidation sites excluding steroid dienone is 2. The van der Waals surface area contributed by atoms with Gasteiger partial charge in [-0.05, 0) is 24.7 Å². The van der Waals surface area contributed by atoms with Crippen LogP contribution in [0.3, 0.4) is 0 Å². The van der Waals surface area contributed by atoms with E-state index in [1.807, 2.05) is 13.8 Å². The van der Waals surface area contributed by atoms with Gasteiger partial charge in [0.2, 0.25) is 0 Å². The summed E-state index contributed by atoms with van der Waals surface area (Å²) in [6, 6.07) is 0. The lowest BCUT2D eigenvalue weighted by molar-refractivity contribution is -0.162. The molecular formula is C25H36Cl6O4. The van der Waals surface area contributed by atoms with E-state index >= 15 is 0 Å². The lowest BCUT2D eigenvalue weighted by atomic mass is 9.81. The fourth-order valence-electron chi connectivity index (χ4n) is 4.96. The van der Waals surface area contributed by atoms with Crippen LogP contribution in [0.15, 0.2) is 10.1 Å². The Balaban J connectivity index is 2.35. The fraction of sp³-hybridized carbons (Fsp3) is 0.840. The lowest BCUT2D eigenvalue weighted by Crippen LogP contribution is -2.47. The summed E-state index contributed by atoms with van der Waals surface area (Å²) in [7, 11) is 0. The highest BCUT2D eigenvalue weighted by Crippen LogP contribution is 2.76. The van der Waals surface area contributed by atoms with Crippen molar-refractivity contribution in [3.63, 3.8) is 0 Å². The molecule has 0 aromatic rings. The van der Waals surface area contributed by atoms with Crippen molar-refractivity contribution in [2.75, 3.05) is 13.2 Å². The van der Waals surface area contributed by atoms with Crippen molar-refractivity contribution < 1.29 is 19.1 Å². The van der Waals surface area contributed by atoms with Gasteiger partial charge in [0.05, 0.1) is 35.1 Å². The van der Waals surface area contributed by atoms with Crippen LogP contribution in [0, 0.1) is 23.7 Å². The molecule has 0 N–H and O–H groups in total. The second-order valence-electron chi connectivity index (χ2n) is 9.67. The summed E-state index contributed by atoms with van der Waals surface area (Å²) in [5.74, 6) is -3.86. The van der Waals surface area contributed by atoms with E-state index in [4.69, 9.17) is 79.1 Å². The highest BCUT2D eigenvalue weighted by molar-refractivity contribution is 6.66. The highest BCUT2D eigenvalue weighted by Gasteiger charge is 2.86. The normalized spacial score (nSPS) is 30.9. The second kappa shape index (κ2) is 13.0. The number of fused-ring (bicyclic) bond motifs is 2. The van der Waals surface area contributed by atoms with E-state index in [9.17, 15) is 9.59 Å². The van der Waals surface area contributed by atoms with Crippen LogP contribution in [0.2, 0.25) is 0 Å². The SMILES string of the molecule is CCCC[C@@H](CC)COC(=O)[C@H]1[C@@H](C(=O)OC[C@@H](CC)CCCC)[C@@]2(Cl)C(Cl)=C(Cl)[C@@]1(Cl)C2(Cl)Cl. The lowest BCUT2D eigenvalue weighted by Gasteiger charge is -2.34. The molecule has 0 aromatic carbocycles. The number of hydrogen-bond acceptors (Lipinski definition) is 4. The summed E-state index contributed by atoms with van der Waals surface area (Å²) in [6.07, 6.45) is 7.63. The van der Waals surface area contributed by atoms with Gasteiger partial charge in [0, 0.05) is 0 Å². The van der Waals surface area contributed by atoms with Crippen LogP contribution in [0.25, 0.3) is 0 Å². The minimum atomic E-state index is -2.05. The summed E-state index contributed by atoms with van der Waals surface area (Å²) < 4.78 is 9.28. The van der Waals surface area contributed by atoms with E-state index in [-0.39, 0.29) is 35.1 Å². The molecule has 0 unspecified atom stereocenters. The van der Waals surface area contributed by atoms with Crippen molar-refractivity contribution in [3.8, 4) is 0 Å². The molecule has 0 aromatic heterocycles. The first-order valence-corrected chi connectivity index (χ1v) is 14.8. The van der Waals surface area contributed by atoms with Crippen molar-refractivity contribution in [1.29, 1.82) is 0 Å². The second-order valence-corrected chi connectivity index (χ2v) is 12.9. The van der Waals surface area contributed by atoms with Gasteiger partial charge in [0.1, 0.15) is 9.75 Å². The summed E-state index contributed by atoms with van der Waals surface area (Å²) in [6.45, 7) is 8.63. The first kappa shape index (κ1) is 31.6. The maximum atomic E-state index is 13.5. The van der Waals surface area contributed by atoms with Gasteiger partial charge in [-0.3, -0.25) is 9.59 Å². The van der Waals surface area contributed by atoms with Crippen molar-refractivity contribution in [2.45, 2.75) is 93.1 Å². The van der Waals surface area contributed by atoms with Crippen LogP contribution in [-0.4, -0.2) is 39.2 Å². The Morgan fingerprint density at radius 2 is 1.09 bits per heavy atom. The van der Waals surface area contributed by atoms with Gasteiger partial charge in [0.25, 0.3) is 0 Å². The molecule has 0 heterocycles. The van der Waals surface area contributed by atoms with Gasteiger partial charge in [-0.1, -0.05) is 113 Å². The van der Waals surface area contributed by atoms with Crippen molar-refractivity contribution in [1.82, 2.24) is 0 Å². The van der Waals surface area contributed by atoms with Crippen LogP contribution < -0.4 is 0 Å². The standard InChI is InChI=1S/C25H36Cl6O4/c1-5-9-11-15(7-3)13-34-21(32)17-18(22(33)35-14-16(8-4)12-10-6-2)24(29)20(27)19(26)23(17,28)25(24,30)31/h15-18H,5-14H2,1-4H3/t15-,16+,17-,18+,23-,24-/m1/s1. The van der Waals surface area contributed by atoms with Crippen LogP contribution in [0.4, 0.5) is 0 Å². The van der Waals surface area contributed by atoms with Crippen molar-refractivity contribution in [3.05, 3.63) is 10.1 Å². The number of rotatable bonds is 14. The molecular weight excluding hydrogens is 577 g/mol. The highest BCUT2D eigenvalue weighted by atomic mass is 35.5. The molecule has 0 saturated heterocycles. The van der Waals surface area contributed by atoms with Gasteiger partial charge in [-0.15, -0.1) is 23.2 Å². The first-order valence-electron chi connectivity index (χ1n) is 12.5. The predicted octanol–water partition coefficient (Wildman–Crippen LogP) is 8.58. The molecule has 2 aliphatic carbocycles. The number of hydrogen-bond donors (Lipinski definition) is 0. The largest absolute Gasteiger partial charge is 0.465 e.